The number of fused-ring (bicyclic) bond motifs is 1. The van der Waals surface area contributed by atoms with E-state index in [0.717, 1.165) is 29.8 Å². The molecule has 2 heterocycles. The molecule has 2 aromatic rings. The van der Waals surface area contributed by atoms with Crippen LogP contribution in [0.5, 0.6) is 0 Å². The summed E-state index contributed by atoms with van der Waals surface area (Å²) in [6.45, 7) is 3.15. The number of halogens is 3. The Hall–Kier alpha value is -0.740. The third-order valence-corrected chi connectivity index (χ3v) is 6.44. The molecule has 0 spiro atoms. The van der Waals surface area contributed by atoms with Gasteiger partial charge in [0.2, 0.25) is 0 Å². The van der Waals surface area contributed by atoms with E-state index in [1.807, 2.05) is 12.1 Å². The molecule has 0 aromatic heterocycles. The lowest BCUT2D eigenvalue weighted by Gasteiger charge is -2.41. The summed E-state index contributed by atoms with van der Waals surface area (Å²) in [7, 11) is 0. The van der Waals surface area contributed by atoms with E-state index < -0.39 is 0 Å². The van der Waals surface area contributed by atoms with Crippen LogP contribution in [0.2, 0.25) is 10.0 Å². The van der Waals surface area contributed by atoms with Gasteiger partial charge in [0.15, 0.2) is 0 Å². The highest BCUT2D eigenvalue weighted by atomic mass is 79.9. The molecule has 0 saturated carbocycles. The molecular formula is C20H21BrCl2N2. The van der Waals surface area contributed by atoms with E-state index in [0.29, 0.717) is 10.0 Å². The fourth-order valence-corrected chi connectivity index (χ4v) is 5.08. The van der Waals surface area contributed by atoms with Crippen molar-refractivity contribution in [1.82, 2.24) is 4.90 Å². The van der Waals surface area contributed by atoms with Crippen LogP contribution in [0.4, 0.5) is 5.69 Å². The molecule has 2 saturated heterocycles. The average Bonchev–Trinajstić information content (AvgIpc) is 2.95. The van der Waals surface area contributed by atoms with Crippen molar-refractivity contribution in [3.63, 3.8) is 0 Å². The fourth-order valence-electron chi connectivity index (χ4n) is 4.30. The number of piperidine rings is 1. The van der Waals surface area contributed by atoms with Gasteiger partial charge in [-0.15, -0.1) is 0 Å². The van der Waals surface area contributed by atoms with E-state index in [2.05, 4.69) is 50.0 Å². The Morgan fingerprint density at radius 3 is 2.44 bits per heavy atom. The van der Waals surface area contributed by atoms with Crippen molar-refractivity contribution in [2.45, 2.75) is 31.2 Å². The molecule has 2 nitrogen and oxygen atoms in total. The summed E-state index contributed by atoms with van der Waals surface area (Å²) in [5.74, 6) is 0. The van der Waals surface area contributed by atoms with Gasteiger partial charge in [0.25, 0.3) is 0 Å². The lowest BCUT2D eigenvalue weighted by Crippen LogP contribution is -2.50. The Labute approximate surface area is 167 Å². The number of rotatable bonds is 3. The highest BCUT2D eigenvalue weighted by Gasteiger charge is 2.45. The first-order valence-corrected chi connectivity index (χ1v) is 10.3. The standard InChI is InChI=1S/C20H21BrCl2N2/c21-16-5-3-15(4-6-16)12-20-7-1-2-8-25(20)14-24(13-20)19-10-17(22)9-18(23)11-19/h3-6,9-11H,1-2,7-8,12-14H2. The van der Waals surface area contributed by atoms with Crippen LogP contribution < -0.4 is 4.90 Å². The molecule has 0 bridgehead atoms. The molecule has 2 aliphatic rings. The predicted octanol–water partition coefficient (Wildman–Crippen LogP) is 6.00. The number of benzene rings is 2. The lowest BCUT2D eigenvalue weighted by molar-refractivity contribution is 0.0991. The lowest BCUT2D eigenvalue weighted by atomic mass is 9.82. The number of nitrogens with zero attached hydrogens (tertiary/aromatic N) is 2. The van der Waals surface area contributed by atoms with Crippen LogP contribution in [0, 0.1) is 0 Å². The molecule has 5 heteroatoms. The number of hydrogen-bond acceptors (Lipinski definition) is 2. The van der Waals surface area contributed by atoms with E-state index in [-0.39, 0.29) is 5.54 Å². The highest BCUT2D eigenvalue weighted by Crippen LogP contribution is 2.39. The zero-order valence-electron chi connectivity index (χ0n) is 14.0. The van der Waals surface area contributed by atoms with Crippen LogP contribution in [-0.4, -0.2) is 30.2 Å². The maximum absolute atomic E-state index is 6.23. The molecule has 0 radical (unpaired) electrons. The van der Waals surface area contributed by atoms with Crippen LogP contribution in [0.25, 0.3) is 0 Å². The normalized spacial score (nSPS) is 23.7. The van der Waals surface area contributed by atoms with Gasteiger partial charge >= 0.3 is 0 Å². The van der Waals surface area contributed by atoms with Gasteiger partial charge in [-0.05, 0) is 55.2 Å². The molecule has 0 amide bonds. The smallest absolute Gasteiger partial charge is 0.0713 e. The minimum atomic E-state index is 0.209. The molecule has 1 unspecified atom stereocenters. The molecular weight excluding hydrogens is 419 g/mol. The molecule has 2 aliphatic heterocycles. The fraction of sp³-hybridized carbons (Fsp3) is 0.400. The Kier molecular flexibility index (Phi) is 5.02. The Morgan fingerprint density at radius 2 is 1.72 bits per heavy atom. The topological polar surface area (TPSA) is 6.48 Å². The van der Waals surface area contributed by atoms with Crippen molar-refractivity contribution in [2.24, 2.45) is 0 Å². The molecule has 2 aromatic carbocycles. The minimum absolute atomic E-state index is 0.209. The van der Waals surface area contributed by atoms with Crippen molar-refractivity contribution in [3.05, 3.63) is 62.5 Å². The van der Waals surface area contributed by atoms with Gasteiger partial charge in [0, 0.05) is 38.8 Å². The van der Waals surface area contributed by atoms with Crippen molar-refractivity contribution in [1.29, 1.82) is 0 Å². The minimum Gasteiger partial charge on any atom is -0.357 e. The maximum atomic E-state index is 6.23. The summed E-state index contributed by atoms with van der Waals surface area (Å²) in [5.41, 5.74) is 2.74. The summed E-state index contributed by atoms with van der Waals surface area (Å²) in [4.78, 5) is 5.09. The van der Waals surface area contributed by atoms with Crippen LogP contribution in [-0.2, 0) is 6.42 Å². The van der Waals surface area contributed by atoms with Crippen molar-refractivity contribution >= 4 is 44.8 Å². The second kappa shape index (κ2) is 7.11. The molecule has 25 heavy (non-hydrogen) atoms. The van der Waals surface area contributed by atoms with Crippen molar-refractivity contribution in [3.8, 4) is 0 Å². The van der Waals surface area contributed by atoms with Gasteiger partial charge < -0.3 is 4.90 Å². The third kappa shape index (κ3) is 3.71. The van der Waals surface area contributed by atoms with Crippen LogP contribution in [0.15, 0.2) is 46.9 Å². The number of hydrogen-bond donors (Lipinski definition) is 0. The van der Waals surface area contributed by atoms with Gasteiger partial charge in [-0.1, -0.05) is 57.7 Å². The number of anilines is 1. The third-order valence-electron chi connectivity index (χ3n) is 5.48. The molecule has 0 N–H and O–H groups in total. The van der Waals surface area contributed by atoms with Gasteiger partial charge in [0.1, 0.15) is 0 Å². The first-order chi connectivity index (χ1) is 12.0. The van der Waals surface area contributed by atoms with E-state index in [9.17, 15) is 0 Å². The Balaban J connectivity index is 1.62. The maximum Gasteiger partial charge on any atom is 0.0713 e. The molecule has 4 rings (SSSR count). The largest absolute Gasteiger partial charge is 0.357 e. The molecule has 1 atom stereocenters. The highest BCUT2D eigenvalue weighted by molar-refractivity contribution is 9.10. The van der Waals surface area contributed by atoms with E-state index in [1.165, 1.54) is 31.4 Å². The molecule has 132 valence electrons. The van der Waals surface area contributed by atoms with E-state index >= 15 is 0 Å². The summed E-state index contributed by atoms with van der Waals surface area (Å²) in [5, 5.41) is 1.41. The van der Waals surface area contributed by atoms with Gasteiger partial charge in [-0.2, -0.15) is 0 Å². The summed E-state index contributed by atoms with van der Waals surface area (Å²) < 4.78 is 1.14. The van der Waals surface area contributed by atoms with Crippen LogP contribution in [0.1, 0.15) is 24.8 Å². The Bertz CT molecular complexity index is 745. The average molecular weight is 440 g/mol. The van der Waals surface area contributed by atoms with Gasteiger partial charge in [0.05, 0.1) is 6.67 Å². The van der Waals surface area contributed by atoms with E-state index in [1.54, 1.807) is 6.07 Å². The van der Waals surface area contributed by atoms with Crippen molar-refractivity contribution in [2.75, 3.05) is 24.7 Å². The first kappa shape index (κ1) is 17.7. The quantitative estimate of drug-likeness (QED) is 0.578. The van der Waals surface area contributed by atoms with Crippen LogP contribution in [0.3, 0.4) is 0 Å². The SMILES string of the molecule is Clc1cc(Cl)cc(N2CN3CCCCC3(Cc3ccc(Br)cc3)C2)c1. The molecule has 0 aliphatic carbocycles. The monoisotopic (exact) mass is 438 g/mol. The van der Waals surface area contributed by atoms with Gasteiger partial charge in [-0.3, -0.25) is 4.90 Å². The second-order valence-electron chi connectivity index (χ2n) is 7.22. The van der Waals surface area contributed by atoms with Crippen LogP contribution >= 0.6 is 39.1 Å². The summed E-state index contributed by atoms with van der Waals surface area (Å²) in [6.07, 6.45) is 4.92. The predicted molar refractivity (Wildman–Crippen MR) is 110 cm³/mol. The zero-order valence-corrected chi connectivity index (χ0v) is 17.1. The second-order valence-corrected chi connectivity index (χ2v) is 9.00. The zero-order chi connectivity index (χ0) is 17.4. The van der Waals surface area contributed by atoms with E-state index in [4.69, 9.17) is 23.2 Å². The van der Waals surface area contributed by atoms with Crippen molar-refractivity contribution < 1.29 is 0 Å². The summed E-state index contributed by atoms with van der Waals surface area (Å²) >= 11 is 16.0. The molecule has 2 fully saturated rings. The first-order valence-electron chi connectivity index (χ1n) is 8.75. The summed E-state index contributed by atoms with van der Waals surface area (Å²) in [6, 6.07) is 14.6. The Morgan fingerprint density at radius 1 is 1.00 bits per heavy atom. The van der Waals surface area contributed by atoms with Gasteiger partial charge in [-0.25, -0.2) is 0 Å².